The minimum Gasteiger partial charge on any atom is -0.310 e. The number of rotatable bonds is 10. The topological polar surface area (TPSA) is 54.9 Å². The Kier molecular flexibility index (Phi) is 7.53. The Morgan fingerprint density at radius 2 is 1.64 bits per heavy atom. The van der Waals surface area contributed by atoms with E-state index in [4.69, 9.17) is 4.98 Å². The summed E-state index contributed by atoms with van der Waals surface area (Å²) >= 11 is 0. The fraction of sp³-hybridized carbons (Fsp3) is 0.375. The van der Waals surface area contributed by atoms with Crippen molar-refractivity contribution in [2.45, 2.75) is 58.3 Å². The van der Waals surface area contributed by atoms with Gasteiger partial charge in [0.05, 0.1) is 11.4 Å². The lowest BCUT2D eigenvalue weighted by Gasteiger charge is -2.11. The molecule has 146 valence electrons. The minimum atomic E-state index is 0.0318. The predicted octanol–water partition coefficient (Wildman–Crippen LogP) is 6.38. The monoisotopic (exact) mass is 375 g/mol. The zero-order chi connectivity index (χ0) is 19.6. The molecule has 1 aromatic carbocycles. The quantitative estimate of drug-likeness (QED) is 0.419. The van der Waals surface area contributed by atoms with Crippen molar-refractivity contribution < 1.29 is 4.79 Å². The first-order valence-electron chi connectivity index (χ1n) is 10.4. The van der Waals surface area contributed by atoms with E-state index >= 15 is 0 Å². The largest absolute Gasteiger partial charge is 0.310 e. The highest BCUT2D eigenvalue weighted by Crippen LogP contribution is 2.27. The molecule has 0 saturated heterocycles. The molecule has 0 bridgehead atoms. The van der Waals surface area contributed by atoms with E-state index in [1.807, 2.05) is 48.5 Å². The molecule has 1 N–H and O–H groups in total. The third-order valence-electron chi connectivity index (χ3n) is 4.93. The molecule has 0 aliphatic carbocycles. The minimum absolute atomic E-state index is 0.0318. The summed E-state index contributed by atoms with van der Waals surface area (Å²) in [5.74, 6) is 0.649. The molecular formula is C24H29N3O. The van der Waals surface area contributed by atoms with Gasteiger partial charge in [0.25, 0.3) is 0 Å². The van der Waals surface area contributed by atoms with Gasteiger partial charge in [0.2, 0.25) is 5.91 Å². The smallest absolute Gasteiger partial charge is 0.225 e. The number of anilines is 1. The van der Waals surface area contributed by atoms with Crippen molar-refractivity contribution in [2.24, 2.45) is 0 Å². The first kappa shape index (κ1) is 20.0. The van der Waals surface area contributed by atoms with Crippen molar-refractivity contribution >= 4 is 22.5 Å². The van der Waals surface area contributed by atoms with Crippen LogP contribution in [0.2, 0.25) is 0 Å². The number of nitrogens with one attached hydrogen (secondary N) is 1. The Morgan fingerprint density at radius 3 is 2.43 bits per heavy atom. The number of amides is 1. The molecular weight excluding hydrogens is 346 g/mol. The van der Waals surface area contributed by atoms with Crippen LogP contribution in [0.5, 0.6) is 0 Å². The number of benzene rings is 1. The first-order chi connectivity index (χ1) is 13.8. The lowest BCUT2D eigenvalue weighted by molar-refractivity contribution is -0.116. The van der Waals surface area contributed by atoms with E-state index in [0.717, 1.165) is 35.0 Å². The number of unbranched alkanes of at least 4 members (excludes halogenated alkanes) is 6. The van der Waals surface area contributed by atoms with E-state index in [9.17, 15) is 4.79 Å². The average Bonchev–Trinajstić information content (AvgIpc) is 2.73. The second-order valence-electron chi connectivity index (χ2n) is 7.21. The molecule has 3 aromatic rings. The van der Waals surface area contributed by atoms with Crippen LogP contribution in [0.15, 0.2) is 54.7 Å². The van der Waals surface area contributed by atoms with Crippen LogP contribution < -0.4 is 5.32 Å². The number of carbonyl (C=O) groups excluding carboxylic acids is 1. The van der Waals surface area contributed by atoms with Gasteiger partial charge in [-0.05, 0) is 30.0 Å². The van der Waals surface area contributed by atoms with E-state index in [1.54, 1.807) is 6.20 Å². The normalized spacial score (nSPS) is 10.9. The summed E-state index contributed by atoms with van der Waals surface area (Å²) in [7, 11) is 0. The standard InChI is InChI=1S/C24H29N3O/c1-2-3-4-5-6-7-8-16-23(28)27-24-20-14-10-9-13-19(20)18-22(26-24)21-15-11-12-17-25-21/h9-15,17-18H,2-8,16H2,1H3,(H,26,27,28). The van der Waals surface area contributed by atoms with Crippen molar-refractivity contribution in [3.63, 3.8) is 0 Å². The average molecular weight is 376 g/mol. The van der Waals surface area contributed by atoms with E-state index in [0.29, 0.717) is 12.2 Å². The van der Waals surface area contributed by atoms with Crippen LogP contribution in [0.4, 0.5) is 5.82 Å². The molecule has 4 heteroatoms. The molecule has 0 atom stereocenters. The van der Waals surface area contributed by atoms with Crippen LogP contribution >= 0.6 is 0 Å². The molecule has 2 aromatic heterocycles. The van der Waals surface area contributed by atoms with E-state index in [2.05, 4.69) is 17.2 Å². The summed E-state index contributed by atoms with van der Waals surface area (Å²) in [5, 5.41) is 5.03. The summed E-state index contributed by atoms with van der Waals surface area (Å²) in [6.07, 6.45) is 10.7. The lowest BCUT2D eigenvalue weighted by Crippen LogP contribution is -2.13. The highest BCUT2D eigenvalue weighted by molar-refractivity contribution is 6.01. The van der Waals surface area contributed by atoms with Gasteiger partial charge >= 0.3 is 0 Å². The van der Waals surface area contributed by atoms with Crippen molar-refractivity contribution in [3.05, 3.63) is 54.7 Å². The van der Waals surface area contributed by atoms with E-state index in [-0.39, 0.29) is 5.91 Å². The van der Waals surface area contributed by atoms with Gasteiger partial charge in [-0.25, -0.2) is 4.98 Å². The van der Waals surface area contributed by atoms with Gasteiger partial charge in [-0.1, -0.05) is 75.8 Å². The maximum absolute atomic E-state index is 12.5. The van der Waals surface area contributed by atoms with Gasteiger partial charge in [0, 0.05) is 18.0 Å². The van der Waals surface area contributed by atoms with Crippen LogP contribution in [0.1, 0.15) is 58.3 Å². The van der Waals surface area contributed by atoms with Gasteiger partial charge in [-0.2, -0.15) is 0 Å². The molecule has 2 heterocycles. The zero-order valence-corrected chi connectivity index (χ0v) is 16.7. The van der Waals surface area contributed by atoms with Crippen molar-refractivity contribution in [2.75, 3.05) is 5.32 Å². The van der Waals surface area contributed by atoms with Gasteiger partial charge in [-0.15, -0.1) is 0 Å². The Morgan fingerprint density at radius 1 is 0.893 bits per heavy atom. The van der Waals surface area contributed by atoms with Gasteiger partial charge in [0.15, 0.2) is 0 Å². The van der Waals surface area contributed by atoms with Gasteiger partial charge in [-0.3, -0.25) is 9.78 Å². The Bertz CT molecular complexity index is 893. The summed E-state index contributed by atoms with van der Waals surface area (Å²) in [4.78, 5) is 21.6. The number of aromatic nitrogens is 2. The highest BCUT2D eigenvalue weighted by Gasteiger charge is 2.11. The van der Waals surface area contributed by atoms with Gasteiger partial charge < -0.3 is 5.32 Å². The van der Waals surface area contributed by atoms with Crippen LogP contribution in [0.25, 0.3) is 22.2 Å². The Hall–Kier alpha value is -2.75. The third kappa shape index (κ3) is 5.62. The van der Waals surface area contributed by atoms with E-state index < -0.39 is 0 Å². The molecule has 0 aliphatic heterocycles. The van der Waals surface area contributed by atoms with Crippen LogP contribution in [-0.4, -0.2) is 15.9 Å². The maximum Gasteiger partial charge on any atom is 0.225 e. The molecule has 0 spiro atoms. The summed E-state index contributed by atoms with van der Waals surface area (Å²) in [6, 6.07) is 15.8. The maximum atomic E-state index is 12.5. The second-order valence-corrected chi connectivity index (χ2v) is 7.21. The molecule has 1 amide bonds. The Balaban J connectivity index is 1.65. The van der Waals surface area contributed by atoms with Crippen molar-refractivity contribution in [3.8, 4) is 11.4 Å². The number of hydrogen-bond donors (Lipinski definition) is 1. The molecule has 0 fully saturated rings. The molecule has 0 aliphatic rings. The molecule has 4 nitrogen and oxygen atoms in total. The third-order valence-corrected chi connectivity index (χ3v) is 4.93. The predicted molar refractivity (Wildman–Crippen MR) is 116 cm³/mol. The van der Waals surface area contributed by atoms with Crippen molar-refractivity contribution in [1.82, 2.24) is 9.97 Å². The molecule has 0 saturated carbocycles. The van der Waals surface area contributed by atoms with Gasteiger partial charge in [0.1, 0.15) is 5.82 Å². The number of pyridine rings is 2. The number of nitrogens with zero attached hydrogens (tertiary/aromatic N) is 2. The van der Waals surface area contributed by atoms with Crippen LogP contribution in [-0.2, 0) is 4.79 Å². The Labute approximate surface area is 167 Å². The molecule has 3 rings (SSSR count). The molecule has 28 heavy (non-hydrogen) atoms. The zero-order valence-electron chi connectivity index (χ0n) is 16.7. The molecule has 0 radical (unpaired) electrons. The van der Waals surface area contributed by atoms with E-state index in [1.165, 1.54) is 32.1 Å². The molecule has 0 unspecified atom stereocenters. The first-order valence-corrected chi connectivity index (χ1v) is 10.4. The highest BCUT2D eigenvalue weighted by atomic mass is 16.1. The fourth-order valence-electron chi connectivity index (χ4n) is 3.38. The number of carbonyl (C=O) groups is 1. The lowest BCUT2D eigenvalue weighted by atomic mass is 10.1. The second kappa shape index (κ2) is 10.5. The number of fused-ring (bicyclic) bond motifs is 1. The summed E-state index contributed by atoms with van der Waals surface area (Å²) in [5.41, 5.74) is 1.57. The SMILES string of the molecule is CCCCCCCCCC(=O)Nc1nc(-c2ccccn2)cc2ccccc12. The number of hydrogen-bond acceptors (Lipinski definition) is 3. The summed E-state index contributed by atoms with van der Waals surface area (Å²) < 4.78 is 0. The fourth-order valence-corrected chi connectivity index (χ4v) is 3.38. The van der Waals surface area contributed by atoms with Crippen LogP contribution in [0, 0.1) is 0 Å². The van der Waals surface area contributed by atoms with Crippen LogP contribution in [0.3, 0.4) is 0 Å². The summed E-state index contributed by atoms with van der Waals surface area (Å²) in [6.45, 7) is 2.23. The van der Waals surface area contributed by atoms with Crippen molar-refractivity contribution in [1.29, 1.82) is 0 Å².